The monoisotopic (exact) mass is 249 g/mol. The molecular formula is C13H19N3O2. The van der Waals surface area contributed by atoms with Crippen LogP contribution in [0.4, 0.5) is 0 Å². The molecule has 5 nitrogen and oxygen atoms in total. The van der Waals surface area contributed by atoms with Crippen LogP contribution >= 0.6 is 0 Å². The molecule has 0 aromatic carbocycles. The minimum absolute atomic E-state index is 0.00480. The lowest BCUT2D eigenvalue weighted by Crippen LogP contribution is -2.32. The van der Waals surface area contributed by atoms with Crippen LogP contribution in [0.25, 0.3) is 0 Å². The van der Waals surface area contributed by atoms with E-state index in [2.05, 4.69) is 10.3 Å². The van der Waals surface area contributed by atoms with Gasteiger partial charge in [0.25, 0.3) is 0 Å². The fraction of sp³-hybridized carbons (Fsp3) is 0.538. The second kappa shape index (κ2) is 5.82. The van der Waals surface area contributed by atoms with E-state index < -0.39 is 0 Å². The summed E-state index contributed by atoms with van der Waals surface area (Å²) in [5.74, 6) is 1.11. The van der Waals surface area contributed by atoms with E-state index in [0.29, 0.717) is 24.8 Å². The standard InChI is InChI=1S/C13H19N3O2/c1-18-13-6-9(4-5-15-13)8-16-12(17)7-11(14)10-2-3-10/h4-6,10-11H,2-3,7-8,14H2,1H3,(H,16,17). The summed E-state index contributed by atoms with van der Waals surface area (Å²) in [5, 5.41) is 2.86. The highest BCUT2D eigenvalue weighted by atomic mass is 16.5. The molecule has 1 aromatic rings. The summed E-state index contributed by atoms with van der Waals surface area (Å²) in [5.41, 5.74) is 6.87. The number of hydrogen-bond acceptors (Lipinski definition) is 4. The van der Waals surface area contributed by atoms with E-state index in [-0.39, 0.29) is 11.9 Å². The number of carbonyl (C=O) groups excluding carboxylic acids is 1. The average molecular weight is 249 g/mol. The van der Waals surface area contributed by atoms with Crippen LogP contribution in [-0.4, -0.2) is 24.0 Å². The average Bonchev–Trinajstić information content (AvgIpc) is 3.21. The molecule has 0 radical (unpaired) electrons. The third kappa shape index (κ3) is 3.70. The van der Waals surface area contributed by atoms with Crippen LogP contribution in [0.1, 0.15) is 24.8 Å². The van der Waals surface area contributed by atoms with Crippen LogP contribution in [0, 0.1) is 5.92 Å². The van der Waals surface area contributed by atoms with Crippen LogP contribution in [0.15, 0.2) is 18.3 Å². The van der Waals surface area contributed by atoms with Crippen LogP contribution < -0.4 is 15.8 Å². The van der Waals surface area contributed by atoms with Gasteiger partial charge in [0.2, 0.25) is 11.8 Å². The first-order valence-corrected chi connectivity index (χ1v) is 6.20. The second-order valence-electron chi connectivity index (χ2n) is 4.69. The zero-order valence-electron chi connectivity index (χ0n) is 10.6. The van der Waals surface area contributed by atoms with Crippen LogP contribution in [0.3, 0.4) is 0 Å². The molecule has 0 saturated heterocycles. The van der Waals surface area contributed by atoms with Crippen LogP contribution in [-0.2, 0) is 11.3 Å². The summed E-state index contributed by atoms with van der Waals surface area (Å²) in [6.45, 7) is 0.481. The molecule has 1 aromatic heterocycles. The first-order valence-electron chi connectivity index (χ1n) is 6.20. The topological polar surface area (TPSA) is 77.2 Å². The fourth-order valence-electron chi connectivity index (χ4n) is 1.85. The van der Waals surface area contributed by atoms with Gasteiger partial charge in [-0.25, -0.2) is 4.98 Å². The molecule has 0 aliphatic heterocycles. The van der Waals surface area contributed by atoms with Gasteiger partial charge in [-0.2, -0.15) is 0 Å². The van der Waals surface area contributed by atoms with E-state index in [1.54, 1.807) is 19.4 Å². The number of nitrogens with one attached hydrogen (secondary N) is 1. The van der Waals surface area contributed by atoms with Gasteiger partial charge in [0.1, 0.15) is 0 Å². The first-order chi connectivity index (χ1) is 8.69. The number of amides is 1. The van der Waals surface area contributed by atoms with E-state index in [1.807, 2.05) is 6.07 Å². The Hall–Kier alpha value is -1.62. The molecule has 0 spiro atoms. The van der Waals surface area contributed by atoms with Gasteiger partial charge in [-0.05, 0) is 30.4 Å². The van der Waals surface area contributed by atoms with E-state index in [1.165, 1.54) is 0 Å². The third-order valence-corrected chi connectivity index (χ3v) is 3.15. The SMILES string of the molecule is COc1cc(CNC(=O)CC(N)C2CC2)ccn1. The molecule has 1 fully saturated rings. The van der Waals surface area contributed by atoms with Gasteiger partial charge >= 0.3 is 0 Å². The van der Waals surface area contributed by atoms with E-state index in [9.17, 15) is 4.79 Å². The Morgan fingerprint density at radius 3 is 3.11 bits per heavy atom. The number of nitrogens with zero attached hydrogens (tertiary/aromatic N) is 1. The first kappa shape index (κ1) is 12.8. The zero-order valence-corrected chi connectivity index (χ0v) is 10.6. The van der Waals surface area contributed by atoms with Crippen molar-refractivity contribution in [3.8, 4) is 5.88 Å². The molecule has 1 heterocycles. The number of nitrogens with two attached hydrogens (primary N) is 1. The largest absolute Gasteiger partial charge is 0.481 e. The fourth-order valence-corrected chi connectivity index (χ4v) is 1.85. The minimum atomic E-state index is 0.00480. The summed E-state index contributed by atoms with van der Waals surface area (Å²) in [6.07, 6.45) is 4.40. The van der Waals surface area contributed by atoms with Gasteiger partial charge in [0.15, 0.2) is 0 Å². The van der Waals surface area contributed by atoms with Crippen molar-refractivity contribution < 1.29 is 9.53 Å². The Kier molecular flexibility index (Phi) is 4.15. The number of methoxy groups -OCH3 is 1. The van der Waals surface area contributed by atoms with Crippen LogP contribution in [0.2, 0.25) is 0 Å². The highest BCUT2D eigenvalue weighted by Crippen LogP contribution is 2.32. The van der Waals surface area contributed by atoms with Crippen molar-refractivity contribution in [1.82, 2.24) is 10.3 Å². The van der Waals surface area contributed by atoms with E-state index in [4.69, 9.17) is 10.5 Å². The summed E-state index contributed by atoms with van der Waals surface area (Å²) in [6, 6.07) is 3.67. The number of pyridine rings is 1. The highest BCUT2D eigenvalue weighted by Gasteiger charge is 2.29. The van der Waals surface area contributed by atoms with Crippen molar-refractivity contribution in [3.05, 3.63) is 23.9 Å². The van der Waals surface area contributed by atoms with E-state index in [0.717, 1.165) is 18.4 Å². The number of rotatable bonds is 6. The highest BCUT2D eigenvalue weighted by molar-refractivity contribution is 5.76. The lowest BCUT2D eigenvalue weighted by Gasteiger charge is -2.10. The maximum Gasteiger partial charge on any atom is 0.221 e. The number of ether oxygens (including phenoxy) is 1. The molecule has 1 aliphatic rings. The molecule has 1 unspecified atom stereocenters. The number of aromatic nitrogens is 1. The summed E-state index contributed by atoms with van der Waals surface area (Å²) < 4.78 is 5.02. The van der Waals surface area contributed by atoms with Gasteiger partial charge in [-0.1, -0.05) is 0 Å². The molecule has 98 valence electrons. The molecule has 18 heavy (non-hydrogen) atoms. The molecule has 3 N–H and O–H groups in total. The minimum Gasteiger partial charge on any atom is -0.481 e. The maximum absolute atomic E-state index is 11.7. The molecule has 0 bridgehead atoms. The lowest BCUT2D eigenvalue weighted by molar-refractivity contribution is -0.121. The molecular weight excluding hydrogens is 230 g/mol. The Morgan fingerprint density at radius 2 is 2.44 bits per heavy atom. The summed E-state index contributed by atoms with van der Waals surface area (Å²) in [4.78, 5) is 15.7. The maximum atomic E-state index is 11.7. The van der Waals surface area contributed by atoms with Crippen LogP contribution in [0.5, 0.6) is 5.88 Å². The molecule has 1 amide bonds. The Bertz CT molecular complexity index is 418. The molecule has 5 heteroatoms. The Morgan fingerprint density at radius 1 is 1.67 bits per heavy atom. The smallest absolute Gasteiger partial charge is 0.221 e. The van der Waals surface area contributed by atoms with Crippen molar-refractivity contribution in [1.29, 1.82) is 0 Å². The molecule has 1 saturated carbocycles. The van der Waals surface area contributed by atoms with Gasteiger partial charge < -0.3 is 15.8 Å². The Labute approximate surface area is 107 Å². The van der Waals surface area contributed by atoms with Crippen molar-refractivity contribution in [2.75, 3.05) is 7.11 Å². The predicted molar refractivity (Wildman–Crippen MR) is 68.0 cm³/mol. The summed E-state index contributed by atoms with van der Waals surface area (Å²) in [7, 11) is 1.57. The second-order valence-corrected chi connectivity index (χ2v) is 4.69. The van der Waals surface area contributed by atoms with Gasteiger partial charge in [0.05, 0.1) is 7.11 Å². The third-order valence-electron chi connectivity index (χ3n) is 3.15. The van der Waals surface area contributed by atoms with Gasteiger partial charge in [-0.15, -0.1) is 0 Å². The van der Waals surface area contributed by atoms with Gasteiger partial charge in [-0.3, -0.25) is 4.79 Å². The normalized spacial score (nSPS) is 16.1. The lowest BCUT2D eigenvalue weighted by atomic mass is 10.1. The van der Waals surface area contributed by atoms with Crippen molar-refractivity contribution in [2.24, 2.45) is 11.7 Å². The van der Waals surface area contributed by atoms with Crippen molar-refractivity contribution >= 4 is 5.91 Å². The molecule has 1 aliphatic carbocycles. The predicted octanol–water partition coefficient (Wildman–Crippen LogP) is 0.834. The number of carbonyl (C=O) groups is 1. The quantitative estimate of drug-likeness (QED) is 0.783. The Balaban J connectivity index is 1.77. The number of hydrogen-bond donors (Lipinski definition) is 2. The zero-order chi connectivity index (χ0) is 13.0. The van der Waals surface area contributed by atoms with Gasteiger partial charge in [0, 0.05) is 31.3 Å². The van der Waals surface area contributed by atoms with Crippen molar-refractivity contribution in [2.45, 2.75) is 31.8 Å². The summed E-state index contributed by atoms with van der Waals surface area (Å²) >= 11 is 0. The molecule has 1 atom stereocenters. The molecule has 2 rings (SSSR count). The van der Waals surface area contributed by atoms with E-state index >= 15 is 0 Å². The van der Waals surface area contributed by atoms with Crippen molar-refractivity contribution in [3.63, 3.8) is 0 Å².